The van der Waals surface area contributed by atoms with Crippen LogP contribution in [0.3, 0.4) is 0 Å². The van der Waals surface area contributed by atoms with Crippen LogP contribution < -0.4 is 0 Å². The Bertz CT molecular complexity index is 692. The van der Waals surface area contributed by atoms with Crippen LogP contribution in [0.2, 0.25) is 0 Å². The predicted octanol–water partition coefficient (Wildman–Crippen LogP) is 3.63. The van der Waals surface area contributed by atoms with Crippen molar-refractivity contribution in [2.75, 3.05) is 0 Å². The lowest BCUT2D eigenvalue weighted by molar-refractivity contribution is -0.102. The summed E-state index contributed by atoms with van der Waals surface area (Å²) >= 11 is 0. The van der Waals surface area contributed by atoms with E-state index in [1.54, 1.807) is 12.1 Å². The molecule has 0 radical (unpaired) electrons. The molecule has 4 rings (SSSR count). The summed E-state index contributed by atoms with van der Waals surface area (Å²) in [7, 11) is 0. The molecular weight excluding hydrogens is 303 g/mol. The molecule has 3 nitrogen and oxygen atoms in total. The van der Waals surface area contributed by atoms with Gasteiger partial charge in [0.2, 0.25) is 5.95 Å². The highest BCUT2D eigenvalue weighted by Crippen LogP contribution is 2.45. The van der Waals surface area contributed by atoms with Gasteiger partial charge in [0.25, 0.3) is 0 Å². The van der Waals surface area contributed by atoms with Crippen molar-refractivity contribution in [2.45, 2.75) is 56.3 Å². The van der Waals surface area contributed by atoms with Crippen LogP contribution in [0.15, 0.2) is 48.7 Å². The van der Waals surface area contributed by atoms with E-state index in [0.717, 1.165) is 19.4 Å². The maximum absolute atomic E-state index is 14.2. The third kappa shape index (κ3) is 2.85. The minimum atomic E-state index is -1.10. The van der Waals surface area contributed by atoms with Gasteiger partial charge >= 0.3 is 0 Å². The summed E-state index contributed by atoms with van der Waals surface area (Å²) in [5.41, 5.74) is 0.565. The van der Waals surface area contributed by atoms with E-state index in [9.17, 15) is 9.50 Å². The molecule has 0 saturated carbocycles. The molecule has 1 aromatic heterocycles. The van der Waals surface area contributed by atoms with Crippen LogP contribution >= 0.6 is 0 Å². The molecule has 2 fully saturated rings. The molecule has 2 atom stereocenters. The molecular formula is C20H23FN2O. The molecule has 1 aromatic carbocycles. The fraction of sp³-hybridized carbons (Fsp3) is 0.450. The smallest absolute Gasteiger partial charge is 0.218 e. The molecule has 2 aromatic rings. The fourth-order valence-electron chi connectivity index (χ4n) is 4.53. The lowest BCUT2D eigenvalue weighted by Gasteiger charge is -2.52. The molecule has 0 spiro atoms. The van der Waals surface area contributed by atoms with Crippen molar-refractivity contribution in [1.29, 1.82) is 0 Å². The first-order valence-electron chi connectivity index (χ1n) is 8.79. The molecule has 3 heterocycles. The first kappa shape index (κ1) is 15.7. The van der Waals surface area contributed by atoms with Crippen molar-refractivity contribution in [3.63, 3.8) is 0 Å². The molecule has 2 saturated heterocycles. The SMILES string of the molecule is OC1(c2cccnc2F)CC2CCCC(C1)N2Cc1ccccc1. The van der Waals surface area contributed by atoms with Crippen LogP contribution in [0.4, 0.5) is 4.39 Å². The number of piperidine rings is 2. The van der Waals surface area contributed by atoms with Crippen molar-refractivity contribution in [1.82, 2.24) is 9.88 Å². The highest BCUT2D eigenvalue weighted by Gasteiger charge is 2.47. The maximum atomic E-state index is 14.2. The summed E-state index contributed by atoms with van der Waals surface area (Å²) in [5, 5.41) is 11.2. The van der Waals surface area contributed by atoms with E-state index in [0.29, 0.717) is 30.5 Å². The minimum absolute atomic E-state index is 0.294. The molecule has 0 aliphatic carbocycles. The van der Waals surface area contributed by atoms with Crippen molar-refractivity contribution in [2.24, 2.45) is 0 Å². The average Bonchev–Trinajstić information content (AvgIpc) is 2.57. The first-order chi connectivity index (χ1) is 11.7. The lowest BCUT2D eigenvalue weighted by atomic mass is 9.72. The van der Waals surface area contributed by atoms with E-state index < -0.39 is 11.5 Å². The van der Waals surface area contributed by atoms with E-state index in [-0.39, 0.29) is 0 Å². The standard InChI is InChI=1S/C20H23FN2O/c21-19-18(10-5-11-22-19)20(24)12-16-8-4-9-17(13-20)23(16)14-15-6-2-1-3-7-15/h1-3,5-7,10-11,16-17,24H,4,8-9,12-14H2. The highest BCUT2D eigenvalue weighted by atomic mass is 19.1. The van der Waals surface area contributed by atoms with Crippen molar-refractivity contribution < 1.29 is 9.50 Å². The fourth-order valence-corrected chi connectivity index (χ4v) is 4.53. The number of halogens is 1. The zero-order valence-corrected chi connectivity index (χ0v) is 13.7. The topological polar surface area (TPSA) is 36.4 Å². The normalized spacial score (nSPS) is 30.2. The molecule has 4 heteroatoms. The number of nitrogens with zero attached hydrogens (tertiary/aromatic N) is 2. The van der Waals surface area contributed by atoms with Gasteiger partial charge < -0.3 is 5.11 Å². The van der Waals surface area contributed by atoms with Crippen molar-refractivity contribution >= 4 is 0 Å². The summed E-state index contributed by atoms with van der Waals surface area (Å²) in [6, 6.07) is 14.4. The molecule has 2 unspecified atom stereocenters. The van der Waals surface area contributed by atoms with E-state index in [2.05, 4.69) is 34.1 Å². The number of hydrogen-bond donors (Lipinski definition) is 1. The molecule has 1 N–H and O–H groups in total. The second kappa shape index (κ2) is 6.26. The van der Waals surface area contributed by atoms with E-state index >= 15 is 0 Å². The van der Waals surface area contributed by atoms with Gasteiger partial charge in [-0.05, 0) is 37.3 Å². The van der Waals surface area contributed by atoms with Gasteiger partial charge in [0.1, 0.15) is 0 Å². The first-order valence-corrected chi connectivity index (χ1v) is 8.79. The largest absolute Gasteiger partial charge is 0.385 e. The zero-order chi connectivity index (χ0) is 16.6. The summed E-state index contributed by atoms with van der Waals surface area (Å²) < 4.78 is 14.2. The van der Waals surface area contributed by atoms with Gasteiger partial charge in [-0.3, -0.25) is 4.90 Å². The molecule has 2 bridgehead atoms. The molecule has 2 aliphatic rings. The van der Waals surface area contributed by atoms with Gasteiger partial charge in [-0.2, -0.15) is 4.39 Å². The third-order valence-electron chi connectivity index (χ3n) is 5.63. The van der Waals surface area contributed by atoms with Gasteiger partial charge in [-0.15, -0.1) is 0 Å². The second-order valence-electron chi connectivity index (χ2n) is 7.18. The Morgan fingerprint density at radius 3 is 2.46 bits per heavy atom. The van der Waals surface area contributed by atoms with Crippen LogP contribution in [0.5, 0.6) is 0 Å². The number of pyridine rings is 1. The Morgan fingerprint density at radius 1 is 1.08 bits per heavy atom. The van der Waals surface area contributed by atoms with E-state index in [1.165, 1.54) is 18.2 Å². The number of benzene rings is 1. The van der Waals surface area contributed by atoms with Crippen LogP contribution in [-0.4, -0.2) is 27.1 Å². The second-order valence-corrected chi connectivity index (χ2v) is 7.18. The number of hydrogen-bond acceptors (Lipinski definition) is 3. The number of rotatable bonds is 3. The molecule has 0 amide bonds. The number of aliphatic hydroxyl groups is 1. The average molecular weight is 326 g/mol. The maximum Gasteiger partial charge on any atom is 0.218 e. The summed E-state index contributed by atoms with van der Waals surface area (Å²) in [6.45, 7) is 0.905. The Morgan fingerprint density at radius 2 is 1.79 bits per heavy atom. The van der Waals surface area contributed by atoms with Crippen molar-refractivity contribution in [3.8, 4) is 0 Å². The van der Waals surface area contributed by atoms with Gasteiger partial charge in [0.15, 0.2) is 0 Å². The van der Waals surface area contributed by atoms with Gasteiger partial charge in [-0.25, -0.2) is 4.98 Å². The van der Waals surface area contributed by atoms with Crippen molar-refractivity contribution in [3.05, 3.63) is 65.7 Å². The quantitative estimate of drug-likeness (QED) is 0.875. The summed E-state index contributed by atoms with van der Waals surface area (Å²) in [4.78, 5) is 6.26. The number of aromatic nitrogens is 1. The Labute approximate surface area is 142 Å². The van der Waals surface area contributed by atoms with Gasteiger partial charge in [0.05, 0.1) is 5.60 Å². The van der Waals surface area contributed by atoms with Crippen LogP contribution in [0.25, 0.3) is 0 Å². The van der Waals surface area contributed by atoms with Gasteiger partial charge in [0, 0.05) is 30.4 Å². The molecule has 2 aliphatic heterocycles. The Kier molecular flexibility index (Phi) is 4.10. The third-order valence-corrected chi connectivity index (χ3v) is 5.63. The predicted molar refractivity (Wildman–Crippen MR) is 90.7 cm³/mol. The highest BCUT2D eigenvalue weighted by molar-refractivity contribution is 5.23. The summed E-state index contributed by atoms with van der Waals surface area (Å²) in [6.07, 6.45) is 5.92. The Hall–Kier alpha value is -1.78. The van der Waals surface area contributed by atoms with E-state index in [4.69, 9.17) is 0 Å². The number of fused-ring (bicyclic) bond motifs is 2. The lowest BCUT2D eigenvalue weighted by Crippen LogP contribution is -2.56. The Balaban J connectivity index is 1.60. The molecule has 126 valence electrons. The zero-order valence-electron chi connectivity index (χ0n) is 13.7. The minimum Gasteiger partial charge on any atom is -0.385 e. The van der Waals surface area contributed by atoms with Gasteiger partial charge in [-0.1, -0.05) is 42.8 Å². The van der Waals surface area contributed by atoms with Crippen LogP contribution in [0.1, 0.15) is 43.2 Å². The van der Waals surface area contributed by atoms with Crippen LogP contribution in [-0.2, 0) is 12.1 Å². The van der Waals surface area contributed by atoms with Crippen LogP contribution in [0, 0.1) is 5.95 Å². The monoisotopic (exact) mass is 326 g/mol. The molecule has 24 heavy (non-hydrogen) atoms. The summed E-state index contributed by atoms with van der Waals surface area (Å²) in [5.74, 6) is -0.533. The van der Waals surface area contributed by atoms with E-state index in [1.807, 2.05) is 6.07 Å².